The predicted octanol–water partition coefficient (Wildman–Crippen LogP) is 2.83. The zero-order valence-corrected chi connectivity index (χ0v) is 20.8. The molecule has 12 heteroatoms. The molecule has 0 spiro atoms. The maximum absolute atomic E-state index is 13.6. The highest BCUT2D eigenvalue weighted by molar-refractivity contribution is 6.15. The molecule has 1 unspecified atom stereocenters. The molecule has 12 nitrogen and oxygen atoms in total. The Morgan fingerprint density at radius 2 is 1.12 bits per heavy atom. The van der Waals surface area contributed by atoms with E-state index in [-0.39, 0.29) is 45.6 Å². The van der Waals surface area contributed by atoms with Crippen molar-refractivity contribution in [2.75, 3.05) is 0 Å². The van der Waals surface area contributed by atoms with E-state index in [1.54, 1.807) is 0 Å². The predicted molar refractivity (Wildman–Crippen MR) is 139 cm³/mol. The number of phenolic OH excluding ortho intramolecular Hbond substituents is 8. The van der Waals surface area contributed by atoms with E-state index in [1.807, 2.05) is 0 Å². The molecule has 0 saturated heterocycles. The summed E-state index contributed by atoms with van der Waals surface area (Å²) in [5.41, 5.74) is -0.454. The monoisotopic (exact) mass is 562 g/mol. The summed E-state index contributed by atoms with van der Waals surface area (Å²) < 4.78 is 5.99. The number of benzene rings is 4. The molecule has 5 rings (SSSR count). The number of phenols is 8. The molecule has 0 amide bonds. The largest absolute Gasteiger partial charge is 0.504 e. The summed E-state index contributed by atoms with van der Waals surface area (Å²) in [7, 11) is 0. The summed E-state index contributed by atoms with van der Waals surface area (Å²) >= 11 is 0. The molecular weight excluding hydrogens is 540 g/mol. The lowest BCUT2D eigenvalue weighted by atomic mass is 9.86. The van der Waals surface area contributed by atoms with Gasteiger partial charge in [-0.25, -0.2) is 0 Å². The number of fused-ring (bicyclic) bond motifs is 1. The topological polar surface area (TPSA) is 225 Å². The van der Waals surface area contributed by atoms with Crippen LogP contribution in [0.5, 0.6) is 51.7 Å². The molecule has 0 aliphatic carbocycles. The molecule has 9 N–H and O–H groups in total. The van der Waals surface area contributed by atoms with Crippen LogP contribution in [0.4, 0.5) is 0 Å². The third kappa shape index (κ3) is 4.72. The minimum Gasteiger partial charge on any atom is -0.504 e. The Bertz CT molecular complexity index is 1700. The van der Waals surface area contributed by atoms with Crippen molar-refractivity contribution < 1.29 is 60.3 Å². The van der Waals surface area contributed by atoms with Gasteiger partial charge in [-0.2, -0.15) is 0 Å². The Labute approximate surface area is 230 Å². The SMILES string of the molecule is O=C(c1cc(O)c(O)c(O)c1)c1cc2c(c(C(=O)c3cc(O)c(O)c(O)c3)c1)CC(O)[C@@H](c1ccc(O)c(O)c1)O2. The first-order valence-corrected chi connectivity index (χ1v) is 12.0. The average molecular weight is 562 g/mol. The van der Waals surface area contributed by atoms with Crippen molar-refractivity contribution >= 4 is 11.6 Å². The molecule has 0 radical (unpaired) electrons. The van der Waals surface area contributed by atoms with E-state index in [2.05, 4.69) is 0 Å². The lowest BCUT2D eigenvalue weighted by Crippen LogP contribution is -2.31. The fraction of sp³-hybridized carbons (Fsp3) is 0.103. The average Bonchev–Trinajstić information content (AvgIpc) is 2.94. The Kier molecular flexibility index (Phi) is 6.47. The smallest absolute Gasteiger partial charge is 0.200 e. The zero-order valence-electron chi connectivity index (χ0n) is 20.8. The third-order valence-electron chi connectivity index (χ3n) is 6.72. The van der Waals surface area contributed by atoms with Gasteiger partial charge in [-0.3, -0.25) is 9.59 Å². The zero-order chi connectivity index (χ0) is 29.7. The van der Waals surface area contributed by atoms with Gasteiger partial charge in [-0.15, -0.1) is 0 Å². The standard InChI is InChI=1S/C29H22O12/c30-17-2-1-11(4-18(17)31)29-23(36)10-15-16(26(38)14-7-21(34)28(40)22(35)8-14)3-12(9-24(15)41-29)25(37)13-5-19(32)27(39)20(33)6-13/h1-9,23,29-36,39-40H,10H2/t23?,29-/m1/s1. The molecule has 1 aliphatic rings. The van der Waals surface area contributed by atoms with Crippen LogP contribution in [0.15, 0.2) is 54.6 Å². The first-order valence-electron chi connectivity index (χ1n) is 12.0. The number of ketones is 2. The second-order valence-corrected chi connectivity index (χ2v) is 9.44. The normalized spacial score (nSPS) is 16.0. The second kappa shape index (κ2) is 9.84. The van der Waals surface area contributed by atoms with Crippen LogP contribution >= 0.6 is 0 Å². The highest BCUT2D eigenvalue weighted by Crippen LogP contribution is 2.42. The Morgan fingerprint density at radius 1 is 0.610 bits per heavy atom. The van der Waals surface area contributed by atoms with E-state index < -0.39 is 69.8 Å². The fourth-order valence-corrected chi connectivity index (χ4v) is 4.63. The molecule has 1 aliphatic heterocycles. The van der Waals surface area contributed by atoms with Gasteiger partial charge in [0.1, 0.15) is 11.9 Å². The van der Waals surface area contributed by atoms with Crippen molar-refractivity contribution in [1.29, 1.82) is 0 Å². The van der Waals surface area contributed by atoms with Crippen LogP contribution in [-0.2, 0) is 6.42 Å². The van der Waals surface area contributed by atoms with Gasteiger partial charge in [0.25, 0.3) is 0 Å². The summed E-state index contributed by atoms with van der Waals surface area (Å²) in [5.74, 6) is -7.34. The van der Waals surface area contributed by atoms with Gasteiger partial charge in [-0.1, -0.05) is 6.07 Å². The lowest BCUT2D eigenvalue weighted by Gasteiger charge is -2.32. The van der Waals surface area contributed by atoms with E-state index in [0.717, 1.165) is 30.3 Å². The number of hydrogen-bond acceptors (Lipinski definition) is 12. The van der Waals surface area contributed by atoms with E-state index in [9.17, 15) is 55.5 Å². The number of aliphatic hydroxyl groups is 1. The van der Waals surface area contributed by atoms with Crippen LogP contribution in [0, 0.1) is 0 Å². The summed E-state index contributed by atoms with van der Waals surface area (Å²) in [6, 6.07) is 9.81. The number of carbonyl (C=O) groups is 2. The van der Waals surface area contributed by atoms with Crippen molar-refractivity contribution in [2.24, 2.45) is 0 Å². The molecule has 0 saturated carbocycles. The van der Waals surface area contributed by atoms with Gasteiger partial charge in [0.05, 0.1) is 6.10 Å². The minimum atomic E-state index is -1.27. The van der Waals surface area contributed by atoms with Gasteiger partial charge in [-0.05, 0) is 54.1 Å². The fourth-order valence-electron chi connectivity index (χ4n) is 4.63. The summed E-state index contributed by atoms with van der Waals surface area (Å²) in [5, 5.41) is 89.5. The molecule has 4 aromatic carbocycles. The highest BCUT2D eigenvalue weighted by Gasteiger charge is 2.34. The number of rotatable bonds is 5. The molecule has 2 atom stereocenters. The van der Waals surface area contributed by atoms with Crippen LogP contribution in [0.2, 0.25) is 0 Å². The summed E-state index contributed by atoms with van der Waals surface area (Å²) in [6.07, 6.45) is -2.56. The Balaban J connectivity index is 1.66. The van der Waals surface area contributed by atoms with Crippen molar-refractivity contribution in [3.05, 3.63) is 88.0 Å². The molecule has 4 aromatic rings. The molecule has 1 heterocycles. The Hall–Kier alpha value is -5.62. The van der Waals surface area contributed by atoms with Gasteiger partial charge >= 0.3 is 0 Å². The van der Waals surface area contributed by atoms with Crippen LogP contribution in [0.1, 0.15) is 49.1 Å². The quantitative estimate of drug-likeness (QED) is 0.126. The minimum absolute atomic E-state index is 0.0264. The van der Waals surface area contributed by atoms with E-state index in [0.29, 0.717) is 0 Å². The molecule has 41 heavy (non-hydrogen) atoms. The lowest BCUT2D eigenvalue weighted by molar-refractivity contribution is 0.0204. The van der Waals surface area contributed by atoms with E-state index in [1.165, 1.54) is 24.3 Å². The van der Waals surface area contributed by atoms with Crippen molar-refractivity contribution in [1.82, 2.24) is 0 Å². The van der Waals surface area contributed by atoms with Gasteiger partial charge < -0.3 is 50.7 Å². The van der Waals surface area contributed by atoms with Gasteiger partial charge in [0, 0.05) is 34.2 Å². The Morgan fingerprint density at radius 3 is 1.66 bits per heavy atom. The van der Waals surface area contributed by atoms with Crippen molar-refractivity contribution in [3.8, 4) is 51.7 Å². The van der Waals surface area contributed by atoms with Crippen LogP contribution in [0.3, 0.4) is 0 Å². The number of aliphatic hydroxyl groups excluding tert-OH is 1. The number of aromatic hydroxyl groups is 8. The van der Waals surface area contributed by atoms with Crippen LogP contribution in [-0.4, -0.2) is 63.6 Å². The first-order chi connectivity index (χ1) is 19.3. The number of hydrogen-bond donors (Lipinski definition) is 9. The van der Waals surface area contributed by atoms with Crippen LogP contribution in [0.25, 0.3) is 0 Å². The highest BCUT2D eigenvalue weighted by atomic mass is 16.5. The van der Waals surface area contributed by atoms with E-state index >= 15 is 0 Å². The molecule has 0 aromatic heterocycles. The second-order valence-electron chi connectivity index (χ2n) is 9.44. The third-order valence-corrected chi connectivity index (χ3v) is 6.72. The molecule has 0 bridgehead atoms. The van der Waals surface area contributed by atoms with Crippen molar-refractivity contribution in [3.63, 3.8) is 0 Å². The first kappa shape index (κ1) is 27.0. The summed E-state index contributed by atoms with van der Waals surface area (Å²) in [4.78, 5) is 27.0. The molecule has 0 fully saturated rings. The van der Waals surface area contributed by atoms with Gasteiger partial charge in [0.2, 0.25) is 0 Å². The number of carbonyl (C=O) groups excluding carboxylic acids is 2. The molecular formula is C29H22O12. The van der Waals surface area contributed by atoms with Crippen LogP contribution < -0.4 is 4.74 Å². The van der Waals surface area contributed by atoms with Crippen molar-refractivity contribution in [2.45, 2.75) is 18.6 Å². The van der Waals surface area contributed by atoms with Gasteiger partial charge in [0.15, 0.2) is 57.6 Å². The number of ether oxygens (including phenoxy) is 1. The molecule has 210 valence electrons. The maximum atomic E-state index is 13.6. The van der Waals surface area contributed by atoms with E-state index in [4.69, 9.17) is 4.74 Å². The summed E-state index contributed by atoms with van der Waals surface area (Å²) in [6.45, 7) is 0. The maximum Gasteiger partial charge on any atom is 0.200 e.